The Morgan fingerprint density at radius 1 is 1.08 bits per heavy atom. The molecule has 5 N–H and O–H groups in total. The van der Waals surface area contributed by atoms with E-state index in [1.165, 1.54) is 11.8 Å². The van der Waals surface area contributed by atoms with Gasteiger partial charge in [0.1, 0.15) is 17.6 Å². The molecule has 2 atom stereocenters. The number of carbonyl (C=O) groups is 4. The van der Waals surface area contributed by atoms with Gasteiger partial charge in [-0.05, 0) is 67.5 Å². The van der Waals surface area contributed by atoms with Crippen molar-refractivity contribution >= 4 is 24.0 Å². The minimum Gasteiger partial charge on any atom is -0.508 e. The normalized spacial score (nSPS) is 12.3. The lowest BCUT2D eigenvalue weighted by Gasteiger charge is -2.27. The summed E-state index contributed by atoms with van der Waals surface area (Å²) in [7, 11) is 1.54. The highest BCUT2D eigenvalue weighted by molar-refractivity contribution is 5.89. The van der Waals surface area contributed by atoms with Crippen LogP contribution in [0.2, 0.25) is 0 Å². The zero-order valence-electron chi connectivity index (χ0n) is 21.8. The lowest BCUT2D eigenvalue weighted by Crippen LogP contribution is -2.51. The number of unbranched alkanes of at least 4 members (excludes halogenated alkanes) is 1. The highest BCUT2D eigenvalue weighted by Crippen LogP contribution is 2.28. The molecule has 2 aromatic rings. The van der Waals surface area contributed by atoms with Crippen molar-refractivity contribution in [3.63, 3.8) is 0 Å². The lowest BCUT2D eigenvalue weighted by atomic mass is 9.96. The van der Waals surface area contributed by atoms with Crippen molar-refractivity contribution in [1.29, 1.82) is 0 Å². The number of hydrogen-bond donors (Lipinski definition) is 4. The van der Waals surface area contributed by atoms with Gasteiger partial charge in [0.05, 0.1) is 6.54 Å². The van der Waals surface area contributed by atoms with Gasteiger partial charge in [0.2, 0.25) is 18.2 Å². The summed E-state index contributed by atoms with van der Waals surface area (Å²) >= 11 is 0. The van der Waals surface area contributed by atoms with Gasteiger partial charge in [0.15, 0.2) is 0 Å². The molecule has 9 nitrogen and oxygen atoms in total. The number of aromatic hydroxyl groups is 1. The highest BCUT2D eigenvalue weighted by atomic mass is 16.3. The number of ketones is 1. The molecule has 2 unspecified atom stereocenters. The average Bonchev–Trinajstić information content (AvgIpc) is 2.86. The molecule has 0 aliphatic heterocycles. The van der Waals surface area contributed by atoms with E-state index >= 15 is 0 Å². The first kappa shape index (κ1) is 29.5. The number of likely N-dealkylation sites (N-methyl/N-ethyl adjacent to an activating group) is 1. The van der Waals surface area contributed by atoms with Crippen molar-refractivity contribution < 1.29 is 24.3 Å². The van der Waals surface area contributed by atoms with Crippen LogP contribution in [0.15, 0.2) is 42.5 Å². The minimum atomic E-state index is -0.794. The molecule has 0 aromatic heterocycles. The molecule has 0 saturated heterocycles. The third-order valence-electron chi connectivity index (χ3n) is 6.07. The number of phenols is 1. The smallest absolute Gasteiger partial charge is 0.243 e. The number of nitrogens with one attached hydrogen (secondary N) is 2. The zero-order valence-corrected chi connectivity index (χ0v) is 21.8. The Bertz CT molecular complexity index is 1090. The molecule has 0 radical (unpaired) electrons. The van der Waals surface area contributed by atoms with Gasteiger partial charge in [-0.1, -0.05) is 30.3 Å². The van der Waals surface area contributed by atoms with Crippen LogP contribution in [0.1, 0.15) is 44.2 Å². The number of rotatable bonds is 15. The van der Waals surface area contributed by atoms with Crippen molar-refractivity contribution in [2.75, 3.05) is 20.1 Å². The molecule has 0 aliphatic carbocycles. The Labute approximate surface area is 218 Å². The van der Waals surface area contributed by atoms with Gasteiger partial charge < -0.3 is 31.2 Å². The number of carbonyl (C=O) groups excluding carboxylic acids is 4. The molecule has 3 amide bonds. The second kappa shape index (κ2) is 14.7. The van der Waals surface area contributed by atoms with E-state index in [1.54, 1.807) is 13.1 Å². The SMILES string of the molecule is CC(=O)CCCCNC(=O)C(Cc1cccc(-c2ccc(O)c(CC(C)N)c2)c1)N(C)C(=O)CNC=O. The topological polar surface area (TPSA) is 142 Å². The third-order valence-corrected chi connectivity index (χ3v) is 6.07. The van der Waals surface area contributed by atoms with Crippen LogP contribution in [0.3, 0.4) is 0 Å². The van der Waals surface area contributed by atoms with Crippen molar-refractivity contribution in [2.24, 2.45) is 5.73 Å². The summed E-state index contributed by atoms with van der Waals surface area (Å²) in [5.41, 5.74) is 9.33. The molecule has 0 bridgehead atoms. The van der Waals surface area contributed by atoms with Crippen molar-refractivity contribution in [1.82, 2.24) is 15.5 Å². The standard InChI is InChI=1S/C28H38N4O5/c1-19(29)13-24-16-23(10-11-26(24)35)22-9-6-8-21(14-22)15-25(32(3)27(36)17-30-18-33)28(37)31-12-5-4-7-20(2)34/h6,8-11,14,16,18-19,25,35H,4-5,7,12-13,15,17,29H2,1-3H3,(H,30,33)(H,31,37). The van der Waals surface area contributed by atoms with E-state index in [0.717, 1.165) is 22.3 Å². The van der Waals surface area contributed by atoms with Crippen molar-refractivity contribution in [2.45, 2.75) is 58.0 Å². The molecule has 0 fully saturated rings. The predicted molar refractivity (Wildman–Crippen MR) is 143 cm³/mol. The van der Waals surface area contributed by atoms with Crippen LogP contribution < -0.4 is 16.4 Å². The van der Waals surface area contributed by atoms with Gasteiger partial charge in [-0.3, -0.25) is 14.4 Å². The summed E-state index contributed by atoms with van der Waals surface area (Å²) in [6.45, 7) is 3.60. The first-order chi connectivity index (χ1) is 17.6. The largest absolute Gasteiger partial charge is 0.508 e. The summed E-state index contributed by atoms with van der Waals surface area (Å²) in [6, 6.07) is 12.2. The van der Waals surface area contributed by atoms with Gasteiger partial charge in [-0.2, -0.15) is 0 Å². The summed E-state index contributed by atoms with van der Waals surface area (Å²) in [5, 5.41) is 15.4. The monoisotopic (exact) mass is 510 g/mol. The fraction of sp³-hybridized carbons (Fsp3) is 0.429. The van der Waals surface area contributed by atoms with E-state index in [0.29, 0.717) is 38.6 Å². The van der Waals surface area contributed by atoms with Crippen LogP contribution in [0.25, 0.3) is 11.1 Å². The van der Waals surface area contributed by atoms with Crippen LogP contribution in [0, 0.1) is 0 Å². The summed E-state index contributed by atoms with van der Waals surface area (Å²) in [4.78, 5) is 48.8. The maximum Gasteiger partial charge on any atom is 0.243 e. The first-order valence-corrected chi connectivity index (χ1v) is 12.5. The van der Waals surface area contributed by atoms with Crippen LogP contribution in [-0.4, -0.2) is 66.2 Å². The number of nitrogens with zero attached hydrogens (tertiary/aromatic N) is 1. The molecule has 2 rings (SSSR count). The van der Waals surface area contributed by atoms with Crippen LogP contribution in [0.5, 0.6) is 5.75 Å². The number of benzene rings is 2. The molecule has 0 heterocycles. The quantitative estimate of drug-likeness (QED) is 0.213. The number of phenolic OH excluding ortho intramolecular Hbond substituents is 1. The zero-order chi connectivity index (χ0) is 27.4. The second-order valence-electron chi connectivity index (χ2n) is 9.40. The number of hydrogen-bond acceptors (Lipinski definition) is 6. The number of nitrogens with two attached hydrogens (primary N) is 1. The van der Waals surface area contributed by atoms with Gasteiger partial charge in [0, 0.05) is 32.5 Å². The second-order valence-corrected chi connectivity index (χ2v) is 9.40. The van der Waals surface area contributed by atoms with Crippen molar-refractivity contribution in [3.05, 3.63) is 53.6 Å². The molecule has 2 aromatic carbocycles. The molecule has 0 aliphatic rings. The minimum absolute atomic E-state index is 0.101. The molecule has 37 heavy (non-hydrogen) atoms. The van der Waals surface area contributed by atoms with E-state index < -0.39 is 6.04 Å². The molecule has 200 valence electrons. The molecule has 0 saturated carbocycles. The van der Waals surface area contributed by atoms with Crippen LogP contribution >= 0.6 is 0 Å². The summed E-state index contributed by atoms with van der Waals surface area (Å²) < 4.78 is 0. The van der Waals surface area contributed by atoms with E-state index in [2.05, 4.69) is 10.6 Å². The fourth-order valence-electron chi connectivity index (χ4n) is 4.04. The Balaban J connectivity index is 2.23. The Morgan fingerprint density at radius 3 is 2.49 bits per heavy atom. The maximum absolute atomic E-state index is 13.1. The number of Topliss-reactive ketones (excluding diaryl/α,β-unsaturated/α-hetero) is 1. The third kappa shape index (κ3) is 9.69. The Kier molecular flexibility index (Phi) is 11.8. The van der Waals surface area contributed by atoms with Gasteiger partial charge in [0.25, 0.3) is 0 Å². The Morgan fingerprint density at radius 2 is 1.81 bits per heavy atom. The van der Waals surface area contributed by atoms with E-state index in [1.807, 2.05) is 43.3 Å². The van der Waals surface area contributed by atoms with Crippen molar-refractivity contribution in [3.8, 4) is 16.9 Å². The van der Waals surface area contributed by atoms with Gasteiger partial charge in [-0.25, -0.2) is 0 Å². The first-order valence-electron chi connectivity index (χ1n) is 12.5. The van der Waals surface area contributed by atoms with Crippen LogP contribution in [0.4, 0.5) is 0 Å². The molecular weight excluding hydrogens is 472 g/mol. The van der Waals surface area contributed by atoms with E-state index in [-0.39, 0.29) is 42.4 Å². The molecule has 0 spiro atoms. The Hall–Kier alpha value is -3.72. The van der Waals surface area contributed by atoms with E-state index in [4.69, 9.17) is 5.73 Å². The number of amides is 3. The molecule has 9 heteroatoms. The fourth-order valence-corrected chi connectivity index (χ4v) is 4.04. The lowest BCUT2D eigenvalue weighted by molar-refractivity contribution is -0.138. The highest BCUT2D eigenvalue weighted by Gasteiger charge is 2.27. The predicted octanol–water partition coefficient (Wildman–Crippen LogP) is 1.94. The molecular formula is C28H38N4O5. The summed E-state index contributed by atoms with van der Waals surface area (Å²) in [5.74, 6) is -0.394. The van der Waals surface area contributed by atoms with E-state index in [9.17, 15) is 24.3 Å². The summed E-state index contributed by atoms with van der Waals surface area (Å²) in [6.07, 6.45) is 3.04. The average molecular weight is 511 g/mol. The van der Waals surface area contributed by atoms with Crippen LogP contribution in [-0.2, 0) is 32.0 Å². The van der Waals surface area contributed by atoms with Gasteiger partial charge >= 0.3 is 0 Å². The van der Waals surface area contributed by atoms with Gasteiger partial charge in [-0.15, -0.1) is 0 Å². The maximum atomic E-state index is 13.1.